The molecule has 12 nitrogen and oxygen atoms in total. The molecule has 41 heavy (non-hydrogen) atoms. The van der Waals surface area contributed by atoms with Crippen molar-refractivity contribution in [1.82, 2.24) is 15.1 Å². The summed E-state index contributed by atoms with van der Waals surface area (Å²) in [6.07, 6.45) is 5.93. The van der Waals surface area contributed by atoms with Gasteiger partial charge in [0.15, 0.2) is 0 Å². The molecule has 13 heteroatoms. The van der Waals surface area contributed by atoms with Crippen molar-refractivity contribution in [2.75, 3.05) is 58.8 Å². The number of piperidine rings is 2. The number of anilines is 1. The zero-order chi connectivity index (χ0) is 29.9. The van der Waals surface area contributed by atoms with Crippen LogP contribution in [-0.4, -0.2) is 103 Å². The lowest BCUT2D eigenvalue weighted by Gasteiger charge is -2.38. The van der Waals surface area contributed by atoms with Crippen molar-refractivity contribution in [3.8, 4) is 5.75 Å². The SMILES string of the molecule is COc1cc(N)c(Cl)cc1C(=O)NC1CCN(CC2CCN(C(=O)C3CCOC3)CC2)CC1.O=C(O)C=CC(=O)O. The summed E-state index contributed by atoms with van der Waals surface area (Å²) in [6, 6.07) is 3.28. The van der Waals surface area contributed by atoms with Gasteiger partial charge in [-0.2, -0.15) is 0 Å². The second-order valence-electron chi connectivity index (χ2n) is 10.5. The normalized spacial score (nSPS) is 20.3. The Bertz CT molecular complexity index is 1090. The Hall–Kier alpha value is -3.35. The molecule has 1 atom stereocenters. The minimum absolute atomic E-state index is 0.0695. The molecule has 0 aliphatic carbocycles. The number of halogens is 1. The lowest BCUT2D eigenvalue weighted by atomic mass is 9.93. The van der Waals surface area contributed by atoms with Crippen molar-refractivity contribution in [3.63, 3.8) is 0 Å². The van der Waals surface area contributed by atoms with Crippen LogP contribution >= 0.6 is 11.6 Å². The van der Waals surface area contributed by atoms with E-state index in [0.717, 1.165) is 64.8 Å². The molecule has 226 valence electrons. The van der Waals surface area contributed by atoms with Crippen LogP contribution in [0.4, 0.5) is 5.69 Å². The Morgan fingerprint density at radius 2 is 1.68 bits per heavy atom. The van der Waals surface area contributed by atoms with Crippen LogP contribution in [0.1, 0.15) is 42.5 Å². The second-order valence-corrected chi connectivity index (χ2v) is 10.9. The summed E-state index contributed by atoms with van der Waals surface area (Å²) in [6.45, 7) is 6.01. The number of ether oxygens (including phenoxy) is 2. The molecule has 0 saturated carbocycles. The number of hydrogen-bond acceptors (Lipinski definition) is 8. The highest BCUT2D eigenvalue weighted by Gasteiger charge is 2.32. The maximum absolute atomic E-state index is 12.8. The highest BCUT2D eigenvalue weighted by molar-refractivity contribution is 6.33. The number of carbonyl (C=O) groups excluding carboxylic acids is 2. The molecule has 0 radical (unpaired) electrons. The van der Waals surface area contributed by atoms with Gasteiger partial charge in [0.1, 0.15) is 5.75 Å². The van der Waals surface area contributed by atoms with Crippen molar-refractivity contribution >= 4 is 41.0 Å². The second kappa shape index (κ2) is 15.6. The number of carboxylic acids is 2. The summed E-state index contributed by atoms with van der Waals surface area (Å²) in [7, 11) is 1.52. The molecule has 1 aromatic carbocycles. The molecule has 0 spiro atoms. The van der Waals surface area contributed by atoms with Gasteiger partial charge < -0.3 is 40.5 Å². The van der Waals surface area contributed by atoms with E-state index in [1.54, 1.807) is 12.1 Å². The van der Waals surface area contributed by atoms with Crippen molar-refractivity contribution in [2.24, 2.45) is 11.8 Å². The monoisotopic (exact) mass is 594 g/mol. The quantitative estimate of drug-likeness (QED) is 0.258. The lowest BCUT2D eigenvalue weighted by Crippen LogP contribution is -2.48. The number of nitrogens with two attached hydrogens (primary N) is 1. The first-order chi connectivity index (χ1) is 19.6. The van der Waals surface area contributed by atoms with Gasteiger partial charge in [0.2, 0.25) is 5.91 Å². The molecule has 2 amide bonds. The predicted octanol–water partition coefficient (Wildman–Crippen LogP) is 2.11. The number of hydrogen-bond donors (Lipinski definition) is 4. The fourth-order valence-corrected chi connectivity index (χ4v) is 5.43. The van der Waals surface area contributed by atoms with E-state index in [-0.39, 0.29) is 23.8 Å². The summed E-state index contributed by atoms with van der Waals surface area (Å²) in [5.41, 5.74) is 6.62. The van der Waals surface area contributed by atoms with E-state index >= 15 is 0 Å². The molecular formula is C28H39ClN4O8. The Morgan fingerprint density at radius 3 is 2.22 bits per heavy atom. The van der Waals surface area contributed by atoms with Gasteiger partial charge in [-0.15, -0.1) is 0 Å². The zero-order valence-corrected chi connectivity index (χ0v) is 24.0. The van der Waals surface area contributed by atoms with E-state index in [1.165, 1.54) is 7.11 Å². The molecule has 3 heterocycles. The van der Waals surface area contributed by atoms with Crippen LogP contribution in [-0.2, 0) is 19.1 Å². The van der Waals surface area contributed by atoms with Crippen LogP contribution in [0.15, 0.2) is 24.3 Å². The minimum atomic E-state index is -1.26. The number of nitrogens with one attached hydrogen (secondary N) is 1. The number of carboxylic acid groups (broad SMARTS) is 2. The number of benzene rings is 1. The van der Waals surface area contributed by atoms with Gasteiger partial charge in [-0.3, -0.25) is 9.59 Å². The highest BCUT2D eigenvalue weighted by atomic mass is 35.5. The van der Waals surface area contributed by atoms with E-state index in [0.29, 0.717) is 53.3 Å². The number of aliphatic carboxylic acids is 2. The summed E-state index contributed by atoms with van der Waals surface area (Å²) < 4.78 is 10.7. The van der Waals surface area contributed by atoms with E-state index < -0.39 is 11.9 Å². The molecule has 3 aliphatic heterocycles. The molecule has 4 rings (SSSR count). The summed E-state index contributed by atoms with van der Waals surface area (Å²) in [5, 5.41) is 19.1. The third-order valence-electron chi connectivity index (χ3n) is 7.58. The zero-order valence-electron chi connectivity index (χ0n) is 23.2. The van der Waals surface area contributed by atoms with Gasteiger partial charge in [-0.05, 0) is 44.1 Å². The van der Waals surface area contributed by atoms with E-state index in [9.17, 15) is 19.2 Å². The van der Waals surface area contributed by atoms with Crippen LogP contribution in [0.2, 0.25) is 5.02 Å². The van der Waals surface area contributed by atoms with E-state index in [2.05, 4.69) is 10.2 Å². The third kappa shape index (κ3) is 9.91. The molecule has 3 aliphatic rings. The molecule has 3 fully saturated rings. The van der Waals surface area contributed by atoms with Crippen LogP contribution in [0.25, 0.3) is 0 Å². The van der Waals surface area contributed by atoms with Gasteiger partial charge in [0, 0.05) is 63.6 Å². The molecule has 5 N–H and O–H groups in total. The molecule has 1 aromatic rings. The first-order valence-corrected chi connectivity index (χ1v) is 14.1. The van der Waals surface area contributed by atoms with Crippen LogP contribution in [0.3, 0.4) is 0 Å². The summed E-state index contributed by atoms with van der Waals surface area (Å²) in [5.74, 6) is -1.29. The Kier molecular flexibility index (Phi) is 12.2. The van der Waals surface area contributed by atoms with Crippen molar-refractivity contribution in [1.29, 1.82) is 0 Å². The average molecular weight is 595 g/mol. The van der Waals surface area contributed by atoms with Gasteiger partial charge in [-0.25, -0.2) is 9.59 Å². The Labute approximate surface area is 244 Å². The lowest BCUT2D eigenvalue weighted by molar-refractivity contribution is -0.137. The highest BCUT2D eigenvalue weighted by Crippen LogP contribution is 2.29. The van der Waals surface area contributed by atoms with Crippen molar-refractivity contribution < 1.29 is 38.9 Å². The number of carbonyl (C=O) groups is 4. The summed E-state index contributed by atoms with van der Waals surface area (Å²) in [4.78, 5) is 49.0. The molecule has 3 saturated heterocycles. The van der Waals surface area contributed by atoms with Crippen LogP contribution in [0.5, 0.6) is 5.75 Å². The maximum atomic E-state index is 12.8. The van der Waals surface area contributed by atoms with Crippen LogP contribution in [0, 0.1) is 11.8 Å². The largest absolute Gasteiger partial charge is 0.496 e. The number of methoxy groups -OCH3 is 1. The first kappa shape index (κ1) is 32.2. The minimum Gasteiger partial charge on any atom is -0.496 e. The Balaban J connectivity index is 0.000000507. The van der Waals surface area contributed by atoms with E-state index in [4.69, 9.17) is 37.0 Å². The standard InChI is InChI=1S/C24H35ClN4O4.C4H4O4/c1-32-22-13-21(26)20(25)12-19(22)23(30)27-18-4-7-28(8-5-18)14-16-2-9-29(10-3-16)24(31)17-6-11-33-15-17;5-3(6)1-2-4(7)8/h12-13,16-18H,2-11,14-15,26H2,1H3,(H,27,30);1-2H,(H,5,6)(H,7,8). The maximum Gasteiger partial charge on any atom is 0.328 e. The predicted molar refractivity (Wildman–Crippen MR) is 152 cm³/mol. The molecule has 0 aromatic heterocycles. The average Bonchev–Trinajstić information content (AvgIpc) is 3.50. The number of nitrogens with zero attached hydrogens (tertiary/aromatic N) is 2. The number of likely N-dealkylation sites (tertiary alicyclic amines) is 2. The molecule has 1 unspecified atom stereocenters. The molecule has 0 bridgehead atoms. The third-order valence-corrected chi connectivity index (χ3v) is 7.90. The first-order valence-electron chi connectivity index (χ1n) is 13.7. The smallest absolute Gasteiger partial charge is 0.328 e. The fourth-order valence-electron chi connectivity index (χ4n) is 5.27. The Morgan fingerprint density at radius 1 is 1.05 bits per heavy atom. The van der Waals surface area contributed by atoms with Crippen molar-refractivity contribution in [2.45, 2.75) is 38.1 Å². The van der Waals surface area contributed by atoms with E-state index in [1.807, 2.05) is 4.90 Å². The molecular weight excluding hydrogens is 556 g/mol. The van der Waals surface area contributed by atoms with Crippen LogP contribution < -0.4 is 15.8 Å². The number of nitrogen functional groups attached to an aromatic ring is 1. The van der Waals surface area contributed by atoms with Gasteiger partial charge in [0.05, 0.1) is 35.9 Å². The van der Waals surface area contributed by atoms with Gasteiger partial charge >= 0.3 is 11.9 Å². The topological polar surface area (TPSA) is 172 Å². The summed E-state index contributed by atoms with van der Waals surface area (Å²) >= 11 is 6.11. The fraction of sp³-hybridized carbons (Fsp3) is 0.571. The number of amides is 2. The van der Waals surface area contributed by atoms with Gasteiger partial charge in [-0.1, -0.05) is 11.6 Å². The van der Waals surface area contributed by atoms with Gasteiger partial charge in [0.25, 0.3) is 5.91 Å². The van der Waals surface area contributed by atoms with Crippen molar-refractivity contribution in [3.05, 3.63) is 34.9 Å². The number of rotatable bonds is 8.